The lowest BCUT2D eigenvalue weighted by atomic mass is 9.83. The van der Waals surface area contributed by atoms with E-state index in [-0.39, 0.29) is 22.1 Å². The summed E-state index contributed by atoms with van der Waals surface area (Å²) < 4.78 is 75.8. The molecule has 0 aliphatic heterocycles. The minimum absolute atomic E-state index is 0.118. The number of aromatic nitrogens is 3. The fraction of sp³-hybridized carbons (Fsp3) is 0.250. The van der Waals surface area contributed by atoms with Gasteiger partial charge in [0.1, 0.15) is 11.6 Å². The van der Waals surface area contributed by atoms with Gasteiger partial charge in [-0.2, -0.15) is 0 Å². The predicted octanol–water partition coefficient (Wildman–Crippen LogP) is 15.0. The van der Waals surface area contributed by atoms with E-state index in [2.05, 4.69) is 107 Å². The Balaban J connectivity index is 1.33. The Hall–Kier alpha value is -6.26. The van der Waals surface area contributed by atoms with Gasteiger partial charge in [0.25, 0.3) is 0 Å². The average Bonchev–Trinajstić information content (AvgIpc) is 3.65. The molecule has 0 amide bonds. The van der Waals surface area contributed by atoms with Crippen LogP contribution in [0, 0.1) is 13.8 Å². The molecule has 8 rings (SSSR count). The van der Waals surface area contributed by atoms with Crippen molar-refractivity contribution in [3.8, 4) is 67.5 Å². The van der Waals surface area contributed by atoms with E-state index >= 15 is 0 Å². The predicted molar refractivity (Wildman–Crippen MR) is 253 cm³/mol. The van der Waals surface area contributed by atoms with E-state index in [1.54, 1.807) is 24.4 Å². The normalized spacial score (nSPS) is 15.2. The largest absolute Gasteiger partial charge is 0.507 e. The van der Waals surface area contributed by atoms with E-state index in [1.165, 1.54) is 17.7 Å². The number of hydrogen-bond donors (Lipinski definition) is 1. The van der Waals surface area contributed by atoms with Crippen molar-refractivity contribution in [2.75, 3.05) is 0 Å². The SMILES string of the molecule is [2H]C([2H])([2H])C(c1ccc(-c2ccnc(-c3cc(-c4cccc5c4nc(-c4cc(C)cc(C)c4O)n5-c4ccc(C(C)(C)C)cc4-c4ccccc4)cc(C(C)(C)C)c3)c2)cc1)(C([2H])([2H])[2H])C([2H])([2H])[2H]. The number of imidazole rings is 1. The number of aryl methyl sites for hydroxylation is 2. The maximum absolute atomic E-state index is 11.8. The molecule has 1 N–H and O–H groups in total. The molecule has 2 aromatic heterocycles. The quantitative estimate of drug-likeness (QED) is 0.182. The molecule has 0 atom stereocenters. The number of nitrogens with zero attached hydrogens (tertiary/aromatic N) is 3. The number of pyridine rings is 1. The van der Waals surface area contributed by atoms with Crippen molar-refractivity contribution in [2.45, 2.75) is 92.2 Å². The molecular weight excluding hydrogens is 731 g/mol. The minimum Gasteiger partial charge on any atom is -0.507 e. The number of phenols is 1. The summed E-state index contributed by atoms with van der Waals surface area (Å²) in [7, 11) is 0. The molecule has 0 aliphatic rings. The number of fused-ring (bicyclic) bond motifs is 1. The van der Waals surface area contributed by atoms with Crippen LogP contribution in [0.3, 0.4) is 0 Å². The van der Waals surface area contributed by atoms with Gasteiger partial charge in [0, 0.05) is 35.2 Å². The second-order valence-electron chi connectivity index (χ2n) is 18.1. The van der Waals surface area contributed by atoms with E-state index in [4.69, 9.17) is 22.3 Å². The number of para-hydroxylation sites is 1. The highest BCUT2D eigenvalue weighted by molar-refractivity contribution is 5.98. The Bertz CT molecular complexity index is 3190. The summed E-state index contributed by atoms with van der Waals surface area (Å²) in [6, 6.07) is 42.9. The van der Waals surface area contributed by atoms with Crippen LogP contribution < -0.4 is 0 Å². The Kier molecular flexibility index (Phi) is 7.73. The van der Waals surface area contributed by atoms with Crippen LogP contribution in [0.15, 0.2) is 140 Å². The number of aromatic hydroxyl groups is 1. The first kappa shape index (κ1) is 30.7. The number of benzene rings is 6. The van der Waals surface area contributed by atoms with E-state index in [1.807, 2.05) is 56.3 Å². The standard InChI is InChI=1S/C56H57N3O/c1-35-28-36(2)52(60)47(29-35)53-58-51-45(18-15-19-50(51)59(53)49-25-24-43(55(6,7)8)34-46(49)38-16-13-12-14-17-38)40-30-41(32-44(31-40)56(9,10)11)48-33-39(26-27-57-48)37-20-22-42(23-21-37)54(3,4)5/h12-34,60H,1-11H3/i3D3,4D3,5D3. The van der Waals surface area contributed by atoms with Crippen molar-refractivity contribution in [1.29, 1.82) is 0 Å². The summed E-state index contributed by atoms with van der Waals surface area (Å²) in [5.74, 6) is 0.763. The van der Waals surface area contributed by atoms with Crippen molar-refractivity contribution in [1.82, 2.24) is 14.5 Å². The summed E-state index contributed by atoms with van der Waals surface area (Å²) in [6.45, 7) is 6.92. The van der Waals surface area contributed by atoms with Crippen LogP contribution in [0.2, 0.25) is 0 Å². The van der Waals surface area contributed by atoms with E-state index < -0.39 is 26.0 Å². The molecule has 0 radical (unpaired) electrons. The molecule has 6 aromatic carbocycles. The third-order valence-corrected chi connectivity index (χ3v) is 11.4. The Morgan fingerprint density at radius 2 is 1.23 bits per heavy atom. The first-order valence-corrected chi connectivity index (χ1v) is 20.4. The van der Waals surface area contributed by atoms with Gasteiger partial charge in [0.05, 0.1) is 28.0 Å². The lowest BCUT2D eigenvalue weighted by Gasteiger charge is -2.23. The lowest BCUT2D eigenvalue weighted by molar-refractivity contribution is 0.472. The number of hydrogen-bond acceptors (Lipinski definition) is 3. The molecule has 4 heteroatoms. The summed E-state index contributed by atoms with van der Waals surface area (Å²) in [4.78, 5) is 10.3. The van der Waals surface area contributed by atoms with Crippen LogP contribution in [-0.2, 0) is 16.2 Å². The van der Waals surface area contributed by atoms with Crippen molar-refractivity contribution >= 4 is 11.0 Å². The molecule has 60 heavy (non-hydrogen) atoms. The summed E-state index contributed by atoms with van der Waals surface area (Å²) in [5, 5.41) is 11.8. The highest BCUT2D eigenvalue weighted by Crippen LogP contribution is 2.43. The molecule has 4 nitrogen and oxygen atoms in total. The third-order valence-electron chi connectivity index (χ3n) is 11.4. The van der Waals surface area contributed by atoms with Crippen LogP contribution in [0.5, 0.6) is 5.75 Å². The second-order valence-corrected chi connectivity index (χ2v) is 18.1. The zero-order chi connectivity index (χ0) is 50.2. The highest BCUT2D eigenvalue weighted by Gasteiger charge is 2.25. The van der Waals surface area contributed by atoms with Crippen LogP contribution in [0.1, 0.15) is 102 Å². The van der Waals surface area contributed by atoms with Crippen LogP contribution in [0.4, 0.5) is 0 Å². The maximum Gasteiger partial charge on any atom is 0.149 e. The Labute approximate surface area is 369 Å². The molecule has 302 valence electrons. The Morgan fingerprint density at radius 3 is 1.93 bits per heavy atom. The monoisotopic (exact) mass is 797 g/mol. The molecule has 8 aromatic rings. The van der Waals surface area contributed by atoms with Gasteiger partial charge in [-0.25, -0.2) is 4.98 Å². The van der Waals surface area contributed by atoms with Gasteiger partial charge >= 0.3 is 0 Å². The molecule has 0 saturated heterocycles. The average molecular weight is 797 g/mol. The molecule has 0 aliphatic carbocycles. The molecule has 0 saturated carbocycles. The van der Waals surface area contributed by atoms with Gasteiger partial charge in [0.15, 0.2) is 0 Å². The number of rotatable bonds is 6. The second kappa shape index (κ2) is 15.1. The van der Waals surface area contributed by atoms with Gasteiger partial charge in [-0.3, -0.25) is 9.55 Å². The summed E-state index contributed by atoms with van der Waals surface area (Å²) in [6.07, 6.45) is 1.68. The molecule has 0 fully saturated rings. The van der Waals surface area contributed by atoms with E-state index in [0.717, 1.165) is 61.2 Å². The third kappa shape index (κ3) is 7.79. The maximum atomic E-state index is 11.8. The van der Waals surface area contributed by atoms with Crippen molar-refractivity contribution < 1.29 is 17.4 Å². The summed E-state index contributed by atoms with van der Waals surface area (Å²) in [5.41, 5.74) is 9.96. The smallest absolute Gasteiger partial charge is 0.149 e. The summed E-state index contributed by atoms with van der Waals surface area (Å²) >= 11 is 0. The van der Waals surface area contributed by atoms with E-state index in [9.17, 15) is 5.11 Å². The number of phenolic OH excluding ortho intramolecular Hbond substituents is 1. The zero-order valence-electron chi connectivity index (χ0n) is 44.6. The molecule has 0 spiro atoms. The molecule has 0 unspecified atom stereocenters. The molecule has 2 heterocycles. The fourth-order valence-corrected chi connectivity index (χ4v) is 7.98. The molecular formula is C56H57N3O. The van der Waals surface area contributed by atoms with Crippen molar-refractivity contribution in [3.63, 3.8) is 0 Å². The van der Waals surface area contributed by atoms with Gasteiger partial charge in [0.2, 0.25) is 0 Å². The van der Waals surface area contributed by atoms with Gasteiger partial charge in [-0.1, -0.05) is 147 Å². The lowest BCUT2D eigenvalue weighted by Crippen LogP contribution is -2.12. The van der Waals surface area contributed by atoms with Gasteiger partial charge < -0.3 is 5.11 Å². The fourth-order valence-electron chi connectivity index (χ4n) is 7.98. The molecule has 0 bridgehead atoms. The van der Waals surface area contributed by atoms with E-state index in [0.29, 0.717) is 28.2 Å². The van der Waals surface area contributed by atoms with Gasteiger partial charge in [-0.15, -0.1) is 0 Å². The minimum atomic E-state index is -3.36. The van der Waals surface area contributed by atoms with Crippen molar-refractivity contribution in [2.24, 2.45) is 0 Å². The first-order valence-electron chi connectivity index (χ1n) is 24.9. The van der Waals surface area contributed by atoms with Crippen LogP contribution in [-0.4, -0.2) is 19.6 Å². The topological polar surface area (TPSA) is 50.9 Å². The van der Waals surface area contributed by atoms with Crippen LogP contribution >= 0.6 is 0 Å². The van der Waals surface area contributed by atoms with Crippen molar-refractivity contribution in [3.05, 3.63) is 167 Å². The van der Waals surface area contributed by atoms with Crippen LogP contribution in [0.25, 0.3) is 72.7 Å². The van der Waals surface area contributed by atoms with Gasteiger partial charge in [-0.05, 0) is 129 Å². The Morgan fingerprint density at radius 1 is 0.533 bits per heavy atom. The highest BCUT2D eigenvalue weighted by atomic mass is 16.3. The first-order chi connectivity index (χ1) is 32.1. The zero-order valence-corrected chi connectivity index (χ0v) is 35.6.